The summed E-state index contributed by atoms with van der Waals surface area (Å²) >= 11 is 6.46. The topological polar surface area (TPSA) is 211 Å². The molecule has 4 aromatic rings. The summed E-state index contributed by atoms with van der Waals surface area (Å²) in [4.78, 5) is 51.1. The molecule has 5 N–H and O–H groups in total. The Morgan fingerprint density at radius 2 is 1.16 bits per heavy atom. The fraction of sp³-hybridized carbons (Fsp3) is 0.306. The maximum atomic E-state index is 10.9. The molecule has 0 amide bonds. The molecular weight excluding hydrogens is 865 g/mol. The number of fused-ring (bicyclic) bond motifs is 6. The lowest BCUT2D eigenvalue weighted by molar-refractivity contribution is -0.384. The molecule has 0 radical (unpaired) electrons. The van der Waals surface area contributed by atoms with Crippen molar-refractivity contribution in [1.29, 1.82) is 0 Å². The molecule has 3 heterocycles. The molecular formula is C36H33ClF9N7O8. The standard InChI is InChI=1S/C30H30ClN7O2.3C2HF3O2/c31-28-18-32-30-34-25-3-1-2-21(15-25)4-5-23-14-24(17-26(16-23)33-29(28)35-30)20-37-12-10-36(11-13-37)19-22-6-8-27(9-7-22)38(39)40;3*3-2(4,5)1(6)7/h1-3,6-9,14-18H,4-5,10-13,19-20H2,(H2,32,33,34,35);3*(H,6,7). The second-order valence-electron chi connectivity index (χ2n) is 12.8. The molecule has 0 saturated carbocycles. The number of alkyl halides is 9. The van der Waals surface area contributed by atoms with Gasteiger partial charge in [0.1, 0.15) is 5.02 Å². The summed E-state index contributed by atoms with van der Waals surface area (Å²) in [6, 6.07) is 21.9. The first kappa shape index (κ1) is 49.1. The molecule has 1 fully saturated rings. The number of nitrogens with zero attached hydrogens (tertiary/aromatic N) is 5. The number of hydrogen-bond donors (Lipinski definition) is 5. The Bertz CT molecular complexity index is 2090. The van der Waals surface area contributed by atoms with Crippen molar-refractivity contribution in [2.45, 2.75) is 44.5 Å². The lowest BCUT2D eigenvalue weighted by Gasteiger charge is -2.35. The summed E-state index contributed by atoms with van der Waals surface area (Å²) in [5.41, 5.74) is 6.90. The highest BCUT2D eigenvalue weighted by Crippen LogP contribution is 2.28. The third kappa shape index (κ3) is 17.1. The van der Waals surface area contributed by atoms with Crippen LogP contribution < -0.4 is 10.6 Å². The first-order chi connectivity index (χ1) is 28.3. The first-order valence-electron chi connectivity index (χ1n) is 17.2. The summed E-state index contributed by atoms with van der Waals surface area (Å²) in [5, 5.41) is 39.5. The van der Waals surface area contributed by atoms with Gasteiger partial charge in [-0.2, -0.15) is 44.5 Å². The maximum Gasteiger partial charge on any atom is 0.490 e. The van der Waals surface area contributed by atoms with E-state index in [1.165, 1.54) is 16.7 Å². The molecule has 330 valence electrons. The highest BCUT2D eigenvalue weighted by molar-refractivity contribution is 6.32. The van der Waals surface area contributed by atoms with Crippen molar-refractivity contribution in [2.75, 3.05) is 36.8 Å². The third-order valence-corrected chi connectivity index (χ3v) is 8.37. The number of hydrogen-bond acceptors (Lipinski definition) is 11. The van der Waals surface area contributed by atoms with E-state index in [0.29, 0.717) is 16.8 Å². The number of rotatable bonds is 5. The molecule has 6 rings (SSSR count). The zero-order chi connectivity index (χ0) is 45.7. The highest BCUT2D eigenvalue weighted by Gasteiger charge is 2.39. The zero-order valence-corrected chi connectivity index (χ0v) is 31.7. The van der Waals surface area contributed by atoms with E-state index in [-0.39, 0.29) is 10.6 Å². The first-order valence-corrected chi connectivity index (χ1v) is 17.5. The van der Waals surface area contributed by atoms with Gasteiger partial charge >= 0.3 is 36.4 Å². The molecule has 0 atom stereocenters. The van der Waals surface area contributed by atoms with Crippen LogP contribution in [0.5, 0.6) is 0 Å². The largest absolute Gasteiger partial charge is 0.490 e. The third-order valence-electron chi connectivity index (χ3n) is 8.10. The molecule has 25 heteroatoms. The van der Waals surface area contributed by atoms with E-state index in [0.717, 1.165) is 69.0 Å². The van der Waals surface area contributed by atoms with E-state index in [1.807, 2.05) is 18.2 Å². The Morgan fingerprint density at radius 1 is 0.689 bits per heavy atom. The van der Waals surface area contributed by atoms with Gasteiger partial charge in [-0.15, -0.1) is 0 Å². The van der Waals surface area contributed by atoms with Gasteiger partial charge in [0.05, 0.1) is 11.1 Å². The van der Waals surface area contributed by atoms with E-state index in [1.54, 1.807) is 18.3 Å². The van der Waals surface area contributed by atoms with Gasteiger partial charge < -0.3 is 26.0 Å². The number of nitro groups is 1. The van der Waals surface area contributed by atoms with Crippen molar-refractivity contribution in [3.8, 4) is 0 Å². The van der Waals surface area contributed by atoms with Crippen molar-refractivity contribution < 1.29 is 74.1 Å². The lowest BCUT2D eigenvalue weighted by atomic mass is 10.0. The van der Waals surface area contributed by atoms with E-state index in [4.69, 9.17) is 41.3 Å². The molecule has 61 heavy (non-hydrogen) atoms. The van der Waals surface area contributed by atoms with Gasteiger partial charge in [0.2, 0.25) is 5.95 Å². The SMILES string of the molecule is O=C(O)C(F)(F)F.O=C(O)C(F)(F)F.O=C(O)C(F)(F)F.O=[N+]([O-])c1ccc(CN2CCN(Cc3cc4cc(c3)Nc3nc(ncc3Cl)Nc3cccc(c3)CC4)CC2)cc1. The number of anilines is 4. The number of aryl methyl sites for hydroxylation is 2. The number of nitro benzene ring substituents is 1. The Kier molecular flexibility index (Phi) is 17.2. The Labute approximate surface area is 343 Å². The molecule has 0 aliphatic carbocycles. The van der Waals surface area contributed by atoms with Crippen molar-refractivity contribution in [3.05, 3.63) is 110 Å². The molecule has 2 aliphatic heterocycles. The van der Waals surface area contributed by atoms with Crippen LogP contribution in [0, 0.1) is 10.1 Å². The molecule has 2 aliphatic rings. The van der Waals surface area contributed by atoms with Crippen molar-refractivity contribution in [1.82, 2.24) is 19.8 Å². The average molecular weight is 898 g/mol. The summed E-state index contributed by atoms with van der Waals surface area (Å²) in [5.74, 6) is -7.21. The van der Waals surface area contributed by atoms with Crippen LogP contribution in [-0.2, 0) is 40.3 Å². The summed E-state index contributed by atoms with van der Waals surface area (Å²) in [7, 11) is 0. The van der Waals surface area contributed by atoms with Crippen LogP contribution in [0.2, 0.25) is 5.02 Å². The van der Waals surface area contributed by atoms with Crippen LogP contribution >= 0.6 is 11.6 Å². The maximum absolute atomic E-state index is 10.9. The number of carboxylic acid groups (broad SMARTS) is 3. The lowest BCUT2D eigenvalue weighted by Crippen LogP contribution is -2.45. The quantitative estimate of drug-likeness (QED) is 0.0734. The van der Waals surface area contributed by atoms with Crippen LogP contribution in [-0.4, -0.2) is 103 Å². The van der Waals surface area contributed by atoms with Gasteiger partial charge in [-0.3, -0.25) is 19.9 Å². The van der Waals surface area contributed by atoms with Crippen molar-refractivity contribution >= 4 is 58.3 Å². The molecule has 6 bridgehead atoms. The number of carbonyl (C=O) groups is 3. The minimum Gasteiger partial charge on any atom is -0.475 e. The van der Waals surface area contributed by atoms with E-state index in [2.05, 4.69) is 66.8 Å². The van der Waals surface area contributed by atoms with Crippen LogP contribution in [0.25, 0.3) is 0 Å². The normalized spacial score (nSPS) is 14.1. The van der Waals surface area contributed by atoms with Crippen LogP contribution in [0.3, 0.4) is 0 Å². The summed E-state index contributed by atoms with van der Waals surface area (Å²) in [6.07, 6.45) is -11.8. The fourth-order valence-corrected chi connectivity index (χ4v) is 5.43. The summed E-state index contributed by atoms with van der Waals surface area (Å²) < 4.78 is 95.2. The number of carboxylic acids is 3. The number of non-ortho nitro benzene ring substituents is 1. The van der Waals surface area contributed by atoms with Gasteiger partial charge in [-0.1, -0.05) is 41.9 Å². The van der Waals surface area contributed by atoms with Crippen molar-refractivity contribution in [3.63, 3.8) is 0 Å². The molecule has 0 unspecified atom stereocenters. The summed E-state index contributed by atoms with van der Waals surface area (Å²) in [6.45, 7) is 5.47. The fourth-order valence-electron chi connectivity index (χ4n) is 5.29. The minimum atomic E-state index is -5.08. The van der Waals surface area contributed by atoms with Gasteiger partial charge in [-0.25, -0.2) is 19.4 Å². The number of nitrogens with one attached hydrogen (secondary N) is 2. The molecule has 3 aromatic carbocycles. The predicted octanol–water partition coefficient (Wildman–Crippen LogP) is 7.84. The molecule has 1 saturated heterocycles. The Morgan fingerprint density at radius 3 is 1.66 bits per heavy atom. The average Bonchev–Trinajstić information content (AvgIpc) is 3.16. The van der Waals surface area contributed by atoms with Crippen LogP contribution in [0.15, 0.2) is 72.9 Å². The van der Waals surface area contributed by atoms with Gasteiger partial charge in [-0.05, 0) is 59.4 Å². The zero-order valence-electron chi connectivity index (χ0n) is 31.0. The smallest absolute Gasteiger partial charge is 0.475 e. The monoisotopic (exact) mass is 897 g/mol. The highest BCUT2D eigenvalue weighted by atomic mass is 35.5. The van der Waals surface area contributed by atoms with E-state index in [9.17, 15) is 49.6 Å². The molecule has 0 spiro atoms. The van der Waals surface area contributed by atoms with Gasteiger partial charge in [0, 0.05) is 62.8 Å². The van der Waals surface area contributed by atoms with E-state index >= 15 is 0 Å². The van der Waals surface area contributed by atoms with Crippen LogP contribution in [0.1, 0.15) is 22.3 Å². The van der Waals surface area contributed by atoms with Gasteiger partial charge in [0.15, 0.2) is 5.82 Å². The molecule has 15 nitrogen and oxygen atoms in total. The van der Waals surface area contributed by atoms with Crippen LogP contribution in [0.4, 0.5) is 68.3 Å². The second kappa shape index (κ2) is 21.3. The minimum absolute atomic E-state index is 0.130. The number of piperazine rings is 1. The van der Waals surface area contributed by atoms with E-state index < -0.39 is 36.4 Å². The predicted molar refractivity (Wildman–Crippen MR) is 199 cm³/mol. The number of benzene rings is 3. The Hall–Kier alpha value is -6.27. The van der Waals surface area contributed by atoms with Gasteiger partial charge in [0.25, 0.3) is 5.69 Å². The molecule has 1 aromatic heterocycles. The van der Waals surface area contributed by atoms with Crippen molar-refractivity contribution in [2.24, 2.45) is 0 Å². The number of aromatic nitrogens is 2. The number of aliphatic carboxylic acids is 3. The second-order valence-corrected chi connectivity index (χ2v) is 13.2. The number of halogens is 10. The Balaban J connectivity index is 0.000000390.